The van der Waals surface area contributed by atoms with Gasteiger partial charge in [0.05, 0.1) is 17.4 Å². The van der Waals surface area contributed by atoms with Gasteiger partial charge in [0.2, 0.25) is 0 Å². The molecule has 116 valence electrons. The maximum Gasteiger partial charge on any atom is 0.333 e. The van der Waals surface area contributed by atoms with Crippen LogP contribution in [0.2, 0.25) is 0 Å². The molecule has 1 aliphatic rings. The maximum atomic E-state index is 11.8. The Hall–Kier alpha value is -2.11. The lowest BCUT2D eigenvalue weighted by Gasteiger charge is -2.43. The molecule has 2 unspecified atom stereocenters. The first-order chi connectivity index (χ1) is 9.67. The summed E-state index contributed by atoms with van der Waals surface area (Å²) < 4.78 is 4.94. The van der Waals surface area contributed by atoms with E-state index in [-0.39, 0.29) is 25.0 Å². The minimum absolute atomic E-state index is 0.0610. The lowest BCUT2D eigenvalue weighted by atomic mass is 9.58. The van der Waals surface area contributed by atoms with E-state index in [0.717, 1.165) is 0 Å². The van der Waals surface area contributed by atoms with Gasteiger partial charge in [-0.1, -0.05) is 18.7 Å². The van der Waals surface area contributed by atoms with Crippen molar-refractivity contribution in [2.75, 3.05) is 6.61 Å². The highest BCUT2D eigenvalue weighted by molar-refractivity contribution is 5.89. The molecule has 0 aromatic heterocycles. The Bertz CT molecular complexity index is 506. The van der Waals surface area contributed by atoms with Gasteiger partial charge in [-0.25, -0.2) is 4.79 Å². The van der Waals surface area contributed by atoms with E-state index in [9.17, 15) is 24.6 Å². The molecular formula is C15H20O6. The summed E-state index contributed by atoms with van der Waals surface area (Å²) in [5, 5.41) is 19.0. The Kier molecular flexibility index (Phi) is 4.93. The summed E-state index contributed by atoms with van der Waals surface area (Å²) in [5.41, 5.74) is -2.82. The summed E-state index contributed by atoms with van der Waals surface area (Å²) in [7, 11) is 0. The summed E-state index contributed by atoms with van der Waals surface area (Å²) >= 11 is 0. The molecule has 0 saturated heterocycles. The molecule has 6 nitrogen and oxygen atoms in total. The first kappa shape index (κ1) is 16.9. The van der Waals surface area contributed by atoms with Crippen molar-refractivity contribution in [2.24, 2.45) is 10.8 Å². The van der Waals surface area contributed by atoms with Gasteiger partial charge in [-0.3, -0.25) is 9.59 Å². The molecule has 1 rings (SSSR count). The zero-order chi connectivity index (χ0) is 16.3. The third-order valence-corrected chi connectivity index (χ3v) is 4.15. The number of hydrogen-bond donors (Lipinski definition) is 2. The van der Waals surface area contributed by atoms with E-state index in [0.29, 0.717) is 6.42 Å². The predicted molar refractivity (Wildman–Crippen MR) is 74.6 cm³/mol. The smallest absolute Gasteiger partial charge is 0.333 e. The number of ether oxygens (including phenoxy) is 1. The molecule has 0 aromatic carbocycles. The van der Waals surface area contributed by atoms with Crippen LogP contribution in [-0.4, -0.2) is 34.7 Å². The molecule has 0 radical (unpaired) electrons. The number of hydrogen-bond acceptors (Lipinski definition) is 4. The van der Waals surface area contributed by atoms with Crippen molar-refractivity contribution in [3.63, 3.8) is 0 Å². The Morgan fingerprint density at radius 1 is 1.29 bits per heavy atom. The predicted octanol–water partition coefficient (Wildman–Crippen LogP) is 2.01. The Labute approximate surface area is 123 Å². The fraction of sp³-hybridized carbons (Fsp3) is 0.533. The molecule has 0 bridgehead atoms. The molecule has 2 N–H and O–H groups in total. The molecule has 0 amide bonds. The molecule has 6 heteroatoms. The number of carbonyl (C=O) groups is 3. The van der Waals surface area contributed by atoms with Crippen LogP contribution in [0.4, 0.5) is 0 Å². The van der Waals surface area contributed by atoms with E-state index in [1.165, 1.54) is 19.9 Å². The fourth-order valence-electron chi connectivity index (χ4n) is 2.61. The quantitative estimate of drug-likeness (QED) is 0.442. The number of rotatable bonds is 6. The molecular weight excluding hydrogens is 276 g/mol. The molecule has 0 saturated carbocycles. The fourth-order valence-corrected chi connectivity index (χ4v) is 2.61. The zero-order valence-corrected chi connectivity index (χ0v) is 12.2. The third-order valence-electron chi connectivity index (χ3n) is 4.15. The van der Waals surface area contributed by atoms with Crippen molar-refractivity contribution >= 4 is 17.9 Å². The number of esters is 1. The number of aliphatic carboxylic acids is 2. The van der Waals surface area contributed by atoms with Gasteiger partial charge >= 0.3 is 17.9 Å². The second-order valence-corrected chi connectivity index (χ2v) is 5.50. The van der Waals surface area contributed by atoms with Crippen LogP contribution in [-0.2, 0) is 19.1 Å². The van der Waals surface area contributed by atoms with Gasteiger partial charge in [0.25, 0.3) is 0 Å². The number of carboxylic acid groups (broad SMARTS) is 2. The van der Waals surface area contributed by atoms with Crippen LogP contribution < -0.4 is 0 Å². The topological polar surface area (TPSA) is 101 Å². The van der Waals surface area contributed by atoms with Gasteiger partial charge in [0.15, 0.2) is 0 Å². The minimum Gasteiger partial charge on any atom is -0.481 e. The monoisotopic (exact) mass is 296 g/mol. The van der Waals surface area contributed by atoms with Gasteiger partial charge in [0.1, 0.15) is 0 Å². The van der Waals surface area contributed by atoms with Crippen LogP contribution in [0.15, 0.2) is 24.3 Å². The standard InChI is InChI=1S/C15H20O6/c1-10(2)11(16)21-9-8-15(13(19)20)7-5-4-6-14(15,3)12(17)18/h4,6H,1,5,7-9H2,2-3H3,(H,17,18)(H,19,20). The van der Waals surface area contributed by atoms with Crippen molar-refractivity contribution in [2.45, 2.75) is 33.1 Å². The average molecular weight is 296 g/mol. The minimum atomic E-state index is -1.54. The second kappa shape index (κ2) is 6.11. The number of allylic oxidation sites excluding steroid dienone is 1. The van der Waals surface area contributed by atoms with E-state index >= 15 is 0 Å². The molecule has 0 fully saturated rings. The molecule has 0 aromatic rings. The Morgan fingerprint density at radius 2 is 1.90 bits per heavy atom. The third kappa shape index (κ3) is 2.99. The molecule has 0 heterocycles. The van der Waals surface area contributed by atoms with Crippen molar-refractivity contribution in [3.05, 3.63) is 24.3 Å². The summed E-state index contributed by atoms with van der Waals surface area (Å²) in [6.07, 6.45) is 3.70. The summed E-state index contributed by atoms with van der Waals surface area (Å²) in [6, 6.07) is 0. The SMILES string of the molecule is C=C(C)C(=O)OCCC1(C(=O)O)CCC=CC1(C)C(=O)O. The molecule has 2 atom stereocenters. The van der Waals surface area contributed by atoms with Crippen molar-refractivity contribution in [3.8, 4) is 0 Å². The molecule has 0 spiro atoms. The Morgan fingerprint density at radius 3 is 2.38 bits per heavy atom. The van der Waals surface area contributed by atoms with E-state index in [2.05, 4.69) is 6.58 Å². The van der Waals surface area contributed by atoms with E-state index < -0.39 is 28.7 Å². The highest BCUT2D eigenvalue weighted by atomic mass is 16.5. The van der Waals surface area contributed by atoms with Crippen LogP contribution in [0.1, 0.15) is 33.1 Å². The highest BCUT2D eigenvalue weighted by Crippen LogP contribution is 2.50. The first-order valence-electron chi connectivity index (χ1n) is 6.64. The van der Waals surface area contributed by atoms with Gasteiger partial charge in [-0.15, -0.1) is 0 Å². The van der Waals surface area contributed by atoms with E-state index in [1.807, 2.05) is 0 Å². The summed E-state index contributed by atoms with van der Waals surface area (Å²) in [6.45, 7) is 6.15. The molecule has 1 aliphatic carbocycles. The second-order valence-electron chi connectivity index (χ2n) is 5.50. The molecule has 0 aliphatic heterocycles. The lowest BCUT2D eigenvalue weighted by molar-refractivity contribution is -0.172. The van der Waals surface area contributed by atoms with Crippen molar-refractivity contribution in [1.82, 2.24) is 0 Å². The van der Waals surface area contributed by atoms with Crippen LogP contribution in [0.3, 0.4) is 0 Å². The van der Waals surface area contributed by atoms with Gasteiger partial charge in [-0.05, 0) is 33.1 Å². The van der Waals surface area contributed by atoms with Gasteiger partial charge in [-0.2, -0.15) is 0 Å². The van der Waals surface area contributed by atoms with Crippen molar-refractivity contribution in [1.29, 1.82) is 0 Å². The largest absolute Gasteiger partial charge is 0.481 e. The van der Waals surface area contributed by atoms with E-state index in [1.54, 1.807) is 6.08 Å². The number of carboxylic acids is 2. The van der Waals surface area contributed by atoms with Crippen LogP contribution in [0, 0.1) is 10.8 Å². The highest BCUT2D eigenvalue weighted by Gasteiger charge is 2.57. The normalized spacial score (nSPS) is 27.9. The van der Waals surface area contributed by atoms with Gasteiger partial charge < -0.3 is 14.9 Å². The van der Waals surface area contributed by atoms with Gasteiger partial charge in [0, 0.05) is 5.57 Å². The van der Waals surface area contributed by atoms with Crippen molar-refractivity contribution < 1.29 is 29.3 Å². The first-order valence-corrected chi connectivity index (χ1v) is 6.64. The number of carbonyl (C=O) groups excluding carboxylic acids is 1. The molecule has 21 heavy (non-hydrogen) atoms. The zero-order valence-electron chi connectivity index (χ0n) is 12.2. The average Bonchev–Trinajstić information content (AvgIpc) is 2.40. The summed E-state index contributed by atoms with van der Waals surface area (Å²) in [5.74, 6) is -3.01. The summed E-state index contributed by atoms with van der Waals surface area (Å²) in [4.78, 5) is 34.7. The lowest BCUT2D eigenvalue weighted by Crippen LogP contribution is -2.51. The van der Waals surface area contributed by atoms with E-state index in [4.69, 9.17) is 4.74 Å². The van der Waals surface area contributed by atoms with Crippen LogP contribution in [0.25, 0.3) is 0 Å². The van der Waals surface area contributed by atoms with Crippen LogP contribution in [0.5, 0.6) is 0 Å². The Balaban J connectivity index is 3.00. The van der Waals surface area contributed by atoms with Crippen LogP contribution >= 0.6 is 0 Å². The maximum absolute atomic E-state index is 11.8.